The van der Waals surface area contributed by atoms with Gasteiger partial charge in [0.2, 0.25) is 0 Å². The molecule has 2 aromatic carbocycles. The van der Waals surface area contributed by atoms with Gasteiger partial charge in [-0.3, -0.25) is 0 Å². The first-order valence-electron chi connectivity index (χ1n) is 16.4. The van der Waals surface area contributed by atoms with Gasteiger partial charge < -0.3 is 10.2 Å². The zero-order valence-corrected chi connectivity index (χ0v) is 29.7. The molecule has 0 saturated heterocycles. The Hall–Kier alpha value is -3.14. The lowest BCUT2D eigenvalue weighted by atomic mass is 9.69. The Balaban J connectivity index is 3.27. The number of benzene rings is 2. The molecule has 2 aromatic rings. The summed E-state index contributed by atoms with van der Waals surface area (Å²) < 4.78 is 0. The first kappa shape index (κ1) is 37.0. The fourth-order valence-electron chi connectivity index (χ4n) is 5.61. The van der Waals surface area contributed by atoms with Crippen molar-refractivity contribution in [2.24, 2.45) is 0 Å². The molecule has 0 aliphatic carbocycles. The van der Waals surface area contributed by atoms with Gasteiger partial charge in [0.05, 0.1) is 0 Å². The van der Waals surface area contributed by atoms with Gasteiger partial charge in [0.25, 0.3) is 0 Å². The lowest BCUT2D eigenvalue weighted by Crippen LogP contribution is -2.24. The first-order chi connectivity index (χ1) is 20.2. The van der Waals surface area contributed by atoms with Crippen molar-refractivity contribution in [3.8, 4) is 0 Å². The molecule has 0 spiro atoms. The number of hydrogen-bond donors (Lipinski definition) is 2. The summed E-state index contributed by atoms with van der Waals surface area (Å²) in [6.07, 6.45) is 9.74. The van der Waals surface area contributed by atoms with Gasteiger partial charge in [-0.1, -0.05) is 114 Å². The maximum atomic E-state index is 11.9. The Labute approximate surface area is 267 Å². The van der Waals surface area contributed by atoms with Crippen molar-refractivity contribution in [2.75, 3.05) is 0 Å². The molecule has 0 aliphatic rings. The van der Waals surface area contributed by atoms with Crippen LogP contribution in [0.25, 0.3) is 12.2 Å². The highest BCUT2D eigenvalue weighted by Gasteiger charge is 2.32. The fraction of sp³-hybridized carbons (Fsp3) is 0.550. The van der Waals surface area contributed by atoms with Crippen molar-refractivity contribution in [3.63, 3.8) is 0 Å². The summed E-state index contributed by atoms with van der Waals surface area (Å²) >= 11 is 0. The molecule has 242 valence electrons. The van der Waals surface area contributed by atoms with E-state index in [9.17, 15) is 19.8 Å². The van der Waals surface area contributed by atoms with E-state index >= 15 is 0 Å². The average molecular weight is 603 g/mol. The Bertz CT molecular complexity index is 1310. The molecule has 0 unspecified atom stereocenters. The first-order valence-corrected chi connectivity index (χ1v) is 16.4. The summed E-state index contributed by atoms with van der Waals surface area (Å²) in [6, 6.07) is 9.13. The summed E-state index contributed by atoms with van der Waals surface area (Å²) in [4.78, 5) is 23.7. The van der Waals surface area contributed by atoms with Gasteiger partial charge in [-0.15, -0.1) is 0 Å². The van der Waals surface area contributed by atoms with E-state index in [2.05, 4.69) is 114 Å². The predicted octanol–water partition coefficient (Wildman–Crippen LogP) is 10.8. The van der Waals surface area contributed by atoms with E-state index < -0.39 is 11.9 Å². The highest BCUT2D eigenvalue weighted by Crippen LogP contribution is 2.45. The lowest BCUT2D eigenvalue weighted by molar-refractivity contribution is -0.132. The van der Waals surface area contributed by atoms with E-state index in [1.807, 2.05) is 0 Å². The molecule has 0 bridgehead atoms. The SMILES string of the molecule is CCC(C)(C)c1cc(C(C)c2cc(C(C)(C)CC)cc(C(C)(C)CC)c2C=CC(=O)O)c(C=CC(=O)O)c(C(C)(C)CC)c1. The molecular formula is C40H58O4. The molecule has 2 N–H and O–H groups in total. The number of rotatable bonds is 14. The van der Waals surface area contributed by atoms with Crippen LogP contribution in [0.1, 0.15) is 166 Å². The summed E-state index contributed by atoms with van der Waals surface area (Å²) in [5, 5.41) is 19.4. The number of carboxylic acids is 2. The van der Waals surface area contributed by atoms with Gasteiger partial charge in [0.1, 0.15) is 0 Å². The van der Waals surface area contributed by atoms with Gasteiger partial charge in [0, 0.05) is 18.1 Å². The molecule has 0 saturated carbocycles. The third-order valence-electron chi connectivity index (χ3n) is 10.7. The maximum absolute atomic E-state index is 11.9. The summed E-state index contributed by atoms with van der Waals surface area (Å²) in [5.41, 5.74) is 8.18. The number of aliphatic carboxylic acids is 2. The van der Waals surface area contributed by atoms with E-state index in [0.717, 1.165) is 59.1 Å². The van der Waals surface area contributed by atoms with Crippen molar-refractivity contribution >= 4 is 24.1 Å². The molecule has 0 radical (unpaired) electrons. The molecule has 44 heavy (non-hydrogen) atoms. The van der Waals surface area contributed by atoms with Crippen LogP contribution in [0, 0.1) is 0 Å². The van der Waals surface area contributed by atoms with E-state index in [1.54, 1.807) is 12.2 Å². The van der Waals surface area contributed by atoms with Crippen LogP contribution < -0.4 is 0 Å². The Morgan fingerprint density at radius 3 is 1.14 bits per heavy atom. The third-order valence-corrected chi connectivity index (χ3v) is 10.7. The standard InChI is InChI=1S/C40H58O4/c1-14-37(6,7)27-22-31(29(18-20-35(41)42)33(24-27)39(10,11)16-3)26(5)32-23-28(38(8,9)15-2)25-34(40(12,13)17-4)30(32)19-21-36(43)44/h18-26H,14-17H2,1-13H3,(H,41,42)(H,43,44). The Kier molecular flexibility index (Phi) is 11.7. The lowest BCUT2D eigenvalue weighted by Gasteiger charge is -2.35. The van der Waals surface area contributed by atoms with Crippen LogP contribution in [0.5, 0.6) is 0 Å². The monoisotopic (exact) mass is 602 g/mol. The third kappa shape index (κ3) is 8.11. The van der Waals surface area contributed by atoms with E-state index in [4.69, 9.17) is 0 Å². The fourth-order valence-corrected chi connectivity index (χ4v) is 5.61. The van der Waals surface area contributed by atoms with Crippen molar-refractivity contribution in [2.45, 2.75) is 143 Å². The molecule has 4 heteroatoms. The second kappa shape index (κ2) is 13.9. The molecule has 0 heterocycles. The quantitative estimate of drug-likeness (QED) is 0.211. The highest BCUT2D eigenvalue weighted by atomic mass is 16.4. The minimum absolute atomic E-state index is 0.0878. The van der Waals surface area contributed by atoms with Crippen LogP contribution >= 0.6 is 0 Å². The van der Waals surface area contributed by atoms with Crippen LogP contribution in [0.15, 0.2) is 36.4 Å². The molecular weight excluding hydrogens is 544 g/mol. The maximum Gasteiger partial charge on any atom is 0.328 e. The van der Waals surface area contributed by atoms with Gasteiger partial charge in [-0.2, -0.15) is 0 Å². The number of carboxylic acid groups (broad SMARTS) is 2. The molecule has 0 aliphatic heterocycles. The topological polar surface area (TPSA) is 74.6 Å². The summed E-state index contributed by atoms with van der Waals surface area (Å²) in [7, 11) is 0. The molecule has 4 nitrogen and oxygen atoms in total. The van der Waals surface area contributed by atoms with Crippen molar-refractivity contribution in [1.82, 2.24) is 0 Å². The number of carbonyl (C=O) groups is 2. The van der Waals surface area contributed by atoms with Crippen LogP contribution in [-0.4, -0.2) is 22.2 Å². The minimum Gasteiger partial charge on any atom is -0.478 e. The van der Waals surface area contributed by atoms with Gasteiger partial charge in [0.15, 0.2) is 0 Å². The molecule has 2 rings (SSSR count). The van der Waals surface area contributed by atoms with Crippen LogP contribution in [0.4, 0.5) is 0 Å². The molecule has 0 atom stereocenters. The van der Waals surface area contributed by atoms with Crippen molar-refractivity contribution in [3.05, 3.63) is 80.9 Å². The van der Waals surface area contributed by atoms with Crippen molar-refractivity contribution in [1.29, 1.82) is 0 Å². The molecule has 0 fully saturated rings. The summed E-state index contributed by atoms with van der Waals surface area (Å²) in [5.74, 6) is -2.11. The van der Waals surface area contributed by atoms with E-state index in [-0.39, 0.29) is 27.6 Å². The van der Waals surface area contributed by atoms with Crippen molar-refractivity contribution < 1.29 is 19.8 Å². The normalized spacial score (nSPS) is 14.0. The smallest absolute Gasteiger partial charge is 0.328 e. The zero-order chi connectivity index (χ0) is 33.8. The predicted molar refractivity (Wildman–Crippen MR) is 187 cm³/mol. The molecule has 0 amide bonds. The largest absolute Gasteiger partial charge is 0.478 e. The van der Waals surface area contributed by atoms with Crippen LogP contribution in [0.3, 0.4) is 0 Å². The Morgan fingerprint density at radius 1 is 0.591 bits per heavy atom. The highest BCUT2D eigenvalue weighted by molar-refractivity contribution is 5.87. The van der Waals surface area contributed by atoms with E-state index in [1.165, 1.54) is 23.3 Å². The second-order valence-corrected chi connectivity index (χ2v) is 15.1. The average Bonchev–Trinajstić information content (AvgIpc) is 2.97. The van der Waals surface area contributed by atoms with Gasteiger partial charge >= 0.3 is 11.9 Å². The van der Waals surface area contributed by atoms with Crippen LogP contribution in [-0.2, 0) is 31.2 Å². The van der Waals surface area contributed by atoms with Gasteiger partial charge in [-0.05, 0) is 104 Å². The van der Waals surface area contributed by atoms with E-state index in [0.29, 0.717) is 0 Å². The number of hydrogen-bond acceptors (Lipinski definition) is 2. The van der Waals surface area contributed by atoms with Gasteiger partial charge in [-0.25, -0.2) is 9.59 Å². The minimum atomic E-state index is -0.981. The zero-order valence-electron chi connectivity index (χ0n) is 29.7. The Morgan fingerprint density at radius 2 is 0.886 bits per heavy atom. The van der Waals surface area contributed by atoms with Crippen LogP contribution in [0.2, 0.25) is 0 Å². The molecule has 0 aromatic heterocycles. The second-order valence-electron chi connectivity index (χ2n) is 15.1. The summed E-state index contributed by atoms with van der Waals surface area (Å²) in [6.45, 7) is 28.9.